The van der Waals surface area contributed by atoms with Gasteiger partial charge in [0.2, 0.25) is 11.8 Å². The molecule has 1 aromatic carbocycles. The number of fused-ring (bicyclic) bond motifs is 1. The van der Waals surface area contributed by atoms with E-state index in [4.69, 9.17) is 0 Å². The minimum atomic E-state index is -0.0200. The van der Waals surface area contributed by atoms with Gasteiger partial charge < -0.3 is 15.1 Å². The van der Waals surface area contributed by atoms with Gasteiger partial charge in [-0.25, -0.2) is 0 Å². The molecule has 0 spiro atoms. The van der Waals surface area contributed by atoms with Crippen LogP contribution in [0.15, 0.2) is 23.1 Å². The minimum Gasteiger partial charge on any atom is -0.342 e. The number of nitrogens with zero attached hydrogens (tertiary/aromatic N) is 2. The fraction of sp³-hybridized carbons (Fsp3) is 0.550. The summed E-state index contributed by atoms with van der Waals surface area (Å²) in [6.45, 7) is 3.00. The van der Waals surface area contributed by atoms with Crippen LogP contribution < -0.4 is 5.32 Å². The molecule has 0 saturated carbocycles. The Morgan fingerprint density at radius 1 is 1.04 bits per heavy atom. The van der Waals surface area contributed by atoms with E-state index in [1.165, 1.54) is 0 Å². The lowest BCUT2D eigenvalue weighted by molar-refractivity contribution is -0.135. The predicted octanol–water partition coefficient (Wildman–Crippen LogP) is 2.60. The Morgan fingerprint density at radius 2 is 1.78 bits per heavy atom. The summed E-state index contributed by atoms with van der Waals surface area (Å²) in [6, 6.07) is 5.55. The highest BCUT2D eigenvalue weighted by atomic mass is 32.2. The number of nitrogens with one attached hydrogen (secondary N) is 1. The van der Waals surface area contributed by atoms with Gasteiger partial charge in [0.25, 0.3) is 5.91 Å². The van der Waals surface area contributed by atoms with Gasteiger partial charge in [0.05, 0.1) is 5.69 Å². The average molecular weight is 388 g/mol. The van der Waals surface area contributed by atoms with Gasteiger partial charge >= 0.3 is 0 Å². The largest absolute Gasteiger partial charge is 0.342 e. The normalized spacial score (nSPS) is 20.8. The van der Waals surface area contributed by atoms with Crippen molar-refractivity contribution >= 4 is 35.2 Å². The number of carbonyl (C=O) groups is 3. The van der Waals surface area contributed by atoms with Crippen LogP contribution in [0, 0.1) is 5.92 Å². The zero-order chi connectivity index (χ0) is 18.8. The van der Waals surface area contributed by atoms with E-state index < -0.39 is 0 Å². The van der Waals surface area contributed by atoms with Gasteiger partial charge in [-0.2, -0.15) is 0 Å². The molecule has 1 aromatic rings. The summed E-state index contributed by atoms with van der Waals surface area (Å²) in [7, 11) is 0. The number of amides is 3. The summed E-state index contributed by atoms with van der Waals surface area (Å²) in [5.41, 5.74) is 1.33. The standard InChI is InChI=1S/C20H25N3O3S/c24-18-7-12-27-17-4-3-15(13-16(17)21-18)20(26)23-10-5-14(6-11-23)19(25)22-8-1-2-9-22/h3-4,13-14H,1-2,5-12H2,(H,21,24). The molecule has 0 bridgehead atoms. The van der Waals surface area contributed by atoms with Crippen molar-refractivity contribution in [2.75, 3.05) is 37.2 Å². The molecule has 0 radical (unpaired) electrons. The lowest BCUT2D eigenvalue weighted by Gasteiger charge is -2.33. The summed E-state index contributed by atoms with van der Waals surface area (Å²) in [4.78, 5) is 42.1. The van der Waals surface area contributed by atoms with Crippen molar-refractivity contribution < 1.29 is 14.4 Å². The molecule has 0 atom stereocenters. The Labute approximate surface area is 163 Å². The molecule has 2 saturated heterocycles. The Bertz CT molecular complexity index is 753. The smallest absolute Gasteiger partial charge is 0.253 e. The molecule has 0 aromatic heterocycles. The lowest BCUT2D eigenvalue weighted by Crippen LogP contribution is -2.43. The first-order valence-electron chi connectivity index (χ1n) is 9.76. The summed E-state index contributed by atoms with van der Waals surface area (Å²) in [5, 5.41) is 2.89. The maximum absolute atomic E-state index is 12.9. The molecule has 6 nitrogen and oxygen atoms in total. The topological polar surface area (TPSA) is 69.7 Å². The molecule has 1 N–H and O–H groups in total. The van der Waals surface area contributed by atoms with Crippen LogP contribution in [0.25, 0.3) is 0 Å². The highest BCUT2D eigenvalue weighted by Gasteiger charge is 2.31. The Morgan fingerprint density at radius 3 is 2.52 bits per heavy atom. The van der Waals surface area contributed by atoms with Crippen LogP contribution in [0.4, 0.5) is 5.69 Å². The van der Waals surface area contributed by atoms with Crippen molar-refractivity contribution in [3.8, 4) is 0 Å². The Hall–Kier alpha value is -2.02. The fourth-order valence-electron chi connectivity index (χ4n) is 4.06. The van der Waals surface area contributed by atoms with E-state index in [9.17, 15) is 14.4 Å². The second-order valence-electron chi connectivity index (χ2n) is 7.46. The number of carbonyl (C=O) groups excluding carboxylic acids is 3. The van der Waals surface area contributed by atoms with Gasteiger partial charge in [0, 0.05) is 54.7 Å². The van der Waals surface area contributed by atoms with Crippen molar-refractivity contribution in [1.82, 2.24) is 9.80 Å². The van der Waals surface area contributed by atoms with E-state index in [-0.39, 0.29) is 23.6 Å². The number of hydrogen-bond acceptors (Lipinski definition) is 4. The highest BCUT2D eigenvalue weighted by molar-refractivity contribution is 7.99. The van der Waals surface area contributed by atoms with E-state index in [0.717, 1.165) is 55.1 Å². The second-order valence-corrected chi connectivity index (χ2v) is 8.59. The SMILES string of the molecule is O=C1CCSc2ccc(C(=O)N3CCC(C(=O)N4CCCC4)CC3)cc2N1. The third kappa shape index (κ3) is 3.98. The van der Waals surface area contributed by atoms with Gasteiger partial charge in [-0.1, -0.05) is 0 Å². The van der Waals surface area contributed by atoms with Gasteiger partial charge in [-0.15, -0.1) is 11.8 Å². The highest BCUT2D eigenvalue weighted by Crippen LogP contribution is 2.32. The van der Waals surface area contributed by atoms with Gasteiger partial charge in [-0.3, -0.25) is 14.4 Å². The second kappa shape index (κ2) is 7.92. The number of piperidine rings is 1. The molecule has 3 aliphatic rings. The van der Waals surface area contributed by atoms with Crippen LogP contribution in [0.3, 0.4) is 0 Å². The number of anilines is 1. The van der Waals surface area contributed by atoms with Crippen LogP contribution in [0.2, 0.25) is 0 Å². The van der Waals surface area contributed by atoms with Crippen molar-refractivity contribution in [2.45, 2.75) is 37.0 Å². The molecule has 3 heterocycles. The van der Waals surface area contributed by atoms with Crippen LogP contribution in [-0.4, -0.2) is 59.5 Å². The van der Waals surface area contributed by atoms with Gasteiger partial charge in [0.15, 0.2) is 0 Å². The van der Waals surface area contributed by atoms with Crippen LogP contribution in [0.5, 0.6) is 0 Å². The summed E-state index contributed by atoms with van der Waals surface area (Å²) in [6.07, 6.45) is 4.17. The van der Waals surface area contributed by atoms with E-state index in [0.29, 0.717) is 25.1 Å². The van der Waals surface area contributed by atoms with Crippen LogP contribution in [-0.2, 0) is 9.59 Å². The summed E-state index contributed by atoms with van der Waals surface area (Å²) >= 11 is 1.63. The van der Waals surface area contributed by atoms with Crippen LogP contribution >= 0.6 is 11.8 Å². The summed E-state index contributed by atoms with van der Waals surface area (Å²) in [5.74, 6) is 1.05. The molecule has 0 aliphatic carbocycles. The zero-order valence-corrected chi connectivity index (χ0v) is 16.2. The average Bonchev–Trinajstić information content (AvgIpc) is 3.16. The van der Waals surface area contributed by atoms with Crippen molar-refractivity contribution in [3.63, 3.8) is 0 Å². The molecule has 7 heteroatoms. The van der Waals surface area contributed by atoms with E-state index in [2.05, 4.69) is 5.32 Å². The lowest BCUT2D eigenvalue weighted by atomic mass is 9.95. The fourth-order valence-corrected chi connectivity index (χ4v) is 5.00. The third-order valence-electron chi connectivity index (χ3n) is 5.64. The molecule has 2 fully saturated rings. The molecule has 27 heavy (non-hydrogen) atoms. The van der Waals surface area contributed by atoms with Crippen molar-refractivity contribution in [2.24, 2.45) is 5.92 Å². The Balaban J connectivity index is 1.39. The van der Waals surface area contributed by atoms with Gasteiger partial charge in [-0.05, 0) is 43.9 Å². The minimum absolute atomic E-state index is 0.00733. The first kappa shape index (κ1) is 18.3. The monoisotopic (exact) mass is 387 g/mol. The first-order chi connectivity index (χ1) is 13.1. The molecule has 4 rings (SSSR count). The third-order valence-corrected chi connectivity index (χ3v) is 6.71. The summed E-state index contributed by atoms with van der Waals surface area (Å²) < 4.78 is 0. The number of hydrogen-bond donors (Lipinski definition) is 1. The maximum atomic E-state index is 12.9. The van der Waals surface area contributed by atoms with Crippen molar-refractivity contribution in [3.05, 3.63) is 23.8 Å². The predicted molar refractivity (Wildman–Crippen MR) is 105 cm³/mol. The number of benzene rings is 1. The zero-order valence-electron chi connectivity index (χ0n) is 15.4. The van der Waals surface area contributed by atoms with Crippen molar-refractivity contribution in [1.29, 1.82) is 0 Å². The molecular weight excluding hydrogens is 362 g/mol. The van der Waals surface area contributed by atoms with Gasteiger partial charge in [0.1, 0.15) is 0 Å². The molecule has 3 amide bonds. The Kier molecular flexibility index (Phi) is 5.38. The van der Waals surface area contributed by atoms with Crippen LogP contribution in [0.1, 0.15) is 42.5 Å². The molecular formula is C20H25N3O3S. The maximum Gasteiger partial charge on any atom is 0.253 e. The molecule has 144 valence electrons. The van der Waals surface area contributed by atoms with E-state index >= 15 is 0 Å². The van der Waals surface area contributed by atoms with E-state index in [1.54, 1.807) is 17.8 Å². The van der Waals surface area contributed by atoms with E-state index in [1.807, 2.05) is 21.9 Å². The number of thioether (sulfide) groups is 1. The number of rotatable bonds is 2. The number of likely N-dealkylation sites (tertiary alicyclic amines) is 2. The quantitative estimate of drug-likeness (QED) is 0.847. The molecule has 0 unspecified atom stereocenters. The molecule has 3 aliphatic heterocycles. The first-order valence-corrected chi connectivity index (χ1v) is 10.7.